The number of anilines is 2. The molecular formula is C16H20N2. The van der Waals surface area contributed by atoms with Crippen LogP contribution in [0.5, 0.6) is 0 Å². The Labute approximate surface area is 109 Å². The average Bonchev–Trinajstić information content (AvgIpc) is 2.35. The van der Waals surface area contributed by atoms with Crippen LogP contribution in [0.25, 0.3) is 0 Å². The van der Waals surface area contributed by atoms with Crippen molar-refractivity contribution >= 4 is 11.4 Å². The van der Waals surface area contributed by atoms with Gasteiger partial charge in [0.25, 0.3) is 0 Å². The first kappa shape index (κ1) is 12.5. The van der Waals surface area contributed by atoms with Crippen LogP contribution < -0.4 is 11.5 Å². The van der Waals surface area contributed by atoms with E-state index in [1.807, 2.05) is 24.3 Å². The Morgan fingerprint density at radius 3 is 1.50 bits per heavy atom. The lowest BCUT2D eigenvalue weighted by molar-refractivity contribution is 0.735. The Morgan fingerprint density at radius 2 is 1.11 bits per heavy atom. The summed E-state index contributed by atoms with van der Waals surface area (Å²) in [6.45, 7) is 0. The third kappa shape index (κ3) is 3.81. The lowest BCUT2D eigenvalue weighted by Gasteiger charge is -2.04. The van der Waals surface area contributed by atoms with Gasteiger partial charge in [0.2, 0.25) is 0 Å². The highest BCUT2D eigenvalue weighted by molar-refractivity contribution is 5.41. The van der Waals surface area contributed by atoms with Gasteiger partial charge in [-0.1, -0.05) is 24.3 Å². The molecule has 2 aromatic rings. The number of nitrogens with two attached hydrogens (primary N) is 2. The van der Waals surface area contributed by atoms with Crippen molar-refractivity contribution in [2.24, 2.45) is 0 Å². The molecule has 0 atom stereocenters. The Balaban J connectivity index is 1.76. The van der Waals surface area contributed by atoms with E-state index >= 15 is 0 Å². The minimum absolute atomic E-state index is 0.850. The first-order chi connectivity index (χ1) is 8.74. The van der Waals surface area contributed by atoms with Crippen LogP contribution in [0.1, 0.15) is 24.0 Å². The second-order valence-corrected chi connectivity index (χ2v) is 4.70. The van der Waals surface area contributed by atoms with E-state index in [9.17, 15) is 0 Å². The van der Waals surface area contributed by atoms with Gasteiger partial charge in [0, 0.05) is 11.4 Å². The Morgan fingerprint density at radius 1 is 0.667 bits per heavy atom. The number of hydrogen-bond donors (Lipinski definition) is 2. The quantitative estimate of drug-likeness (QED) is 0.621. The normalized spacial score (nSPS) is 10.4. The van der Waals surface area contributed by atoms with Crippen LogP contribution in [0.3, 0.4) is 0 Å². The predicted octanol–water partition coefficient (Wildman–Crippen LogP) is 3.42. The van der Waals surface area contributed by atoms with Gasteiger partial charge in [-0.15, -0.1) is 0 Å². The van der Waals surface area contributed by atoms with Gasteiger partial charge in [0.05, 0.1) is 0 Å². The highest BCUT2D eigenvalue weighted by Crippen LogP contribution is 2.13. The average molecular weight is 240 g/mol. The van der Waals surface area contributed by atoms with Gasteiger partial charge >= 0.3 is 0 Å². The third-order valence-electron chi connectivity index (χ3n) is 3.08. The zero-order valence-electron chi connectivity index (χ0n) is 10.6. The summed E-state index contributed by atoms with van der Waals surface area (Å²) in [5, 5.41) is 0. The largest absolute Gasteiger partial charge is 0.399 e. The van der Waals surface area contributed by atoms with E-state index in [-0.39, 0.29) is 0 Å². The van der Waals surface area contributed by atoms with Crippen molar-refractivity contribution in [3.8, 4) is 0 Å². The molecule has 0 saturated heterocycles. The summed E-state index contributed by atoms with van der Waals surface area (Å²) in [6, 6.07) is 16.3. The number of rotatable bonds is 5. The molecule has 0 aliphatic carbocycles. The molecule has 0 fully saturated rings. The summed E-state index contributed by atoms with van der Waals surface area (Å²) >= 11 is 0. The number of benzene rings is 2. The summed E-state index contributed by atoms with van der Waals surface area (Å²) < 4.78 is 0. The lowest BCUT2D eigenvalue weighted by Crippen LogP contribution is -1.92. The van der Waals surface area contributed by atoms with Gasteiger partial charge in [0.1, 0.15) is 0 Å². The predicted molar refractivity (Wildman–Crippen MR) is 78.4 cm³/mol. The van der Waals surface area contributed by atoms with Crippen molar-refractivity contribution in [2.75, 3.05) is 11.5 Å². The number of aryl methyl sites for hydroxylation is 2. The van der Waals surface area contributed by atoms with Gasteiger partial charge in [-0.2, -0.15) is 0 Å². The fraction of sp³-hybridized carbons (Fsp3) is 0.250. The molecule has 2 heteroatoms. The highest BCUT2D eigenvalue weighted by Gasteiger charge is 1.97. The topological polar surface area (TPSA) is 52.0 Å². The molecule has 0 aliphatic heterocycles. The van der Waals surface area contributed by atoms with Crippen LogP contribution in [0, 0.1) is 0 Å². The summed E-state index contributed by atoms with van der Waals surface area (Å²) in [6.07, 6.45) is 4.54. The van der Waals surface area contributed by atoms with E-state index < -0.39 is 0 Å². The minimum atomic E-state index is 0.850. The molecule has 94 valence electrons. The van der Waals surface area contributed by atoms with Gasteiger partial charge in [-0.05, 0) is 61.1 Å². The monoisotopic (exact) mass is 240 g/mol. The Hall–Kier alpha value is -1.96. The maximum absolute atomic E-state index is 5.76. The Kier molecular flexibility index (Phi) is 4.24. The standard InChI is InChI=1S/C16H20N2/c17-15-9-3-7-13(11-15)5-1-2-6-14-8-4-10-16(18)12-14/h3-4,7-12H,1-2,5-6,17-18H2. The molecule has 0 aliphatic rings. The van der Waals surface area contributed by atoms with Crippen molar-refractivity contribution < 1.29 is 0 Å². The maximum Gasteiger partial charge on any atom is 0.0316 e. The van der Waals surface area contributed by atoms with Crippen LogP contribution in [0.4, 0.5) is 11.4 Å². The molecule has 2 aromatic carbocycles. The molecule has 0 bridgehead atoms. The lowest BCUT2D eigenvalue weighted by atomic mass is 10.0. The van der Waals surface area contributed by atoms with Crippen LogP contribution in [0.2, 0.25) is 0 Å². The van der Waals surface area contributed by atoms with Crippen LogP contribution >= 0.6 is 0 Å². The fourth-order valence-electron chi connectivity index (χ4n) is 2.16. The molecule has 0 spiro atoms. The van der Waals surface area contributed by atoms with E-state index in [4.69, 9.17) is 11.5 Å². The first-order valence-electron chi connectivity index (χ1n) is 6.43. The van der Waals surface area contributed by atoms with Crippen molar-refractivity contribution in [2.45, 2.75) is 25.7 Å². The van der Waals surface area contributed by atoms with Crippen molar-refractivity contribution in [1.29, 1.82) is 0 Å². The second-order valence-electron chi connectivity index (χ2n) is 4.70. The first-order valence-corrected chi connectivity index (χ1v) is 6.43. The van der Waals surface area contributed by atoms with E-state index in [1.165, 1.54) is 24.0 Å². The SMILES string of the molecule is Nc1cccc(CCCCc2cccc(N)c2)c1. The molecule has 2 rings (SSSR count). The smallest absolute Gasteiger partial charge is 0.0316 e. The minimum Gasteiger partial charge on any atom is -0.399 e. The molecule has 0 aromatic heterocycles. The van der Waals surface area contributed by atoms with E-state index in [0.29, 0.717) is 0 Å². The third-order valence-corrected chi connectivity index (χ3v) is 3.08. The van der Waals surface area contributed by atoms with E-state index in [1.54, 1.807) is 0 Å². The maximum atomic E-state index is 5.76. The van der Waals surface area contributed by atoms with Gasteiger partial charge in [-0.3, -0.25) is 0 Å². The number of unbranched alkanes of at least 4 members (excludes halogenated alkanes) is 1. The zero-order chi connectivity index (χ0) is 12.8. The zero-order valence-corrected chi connectivity index (χ0v) is 10.6. The van der Waals surface area contributed by atoms with E-state index in [2.05, 4.69) is 24.3 Å². The molecule has 2 nitrogen and oxygen atoms in total. The second kappa shape index (κ2) is 6.10. The van der Waals surface area contributed by atoms with Crippen molar-refractivity contribution in [3.05, 3.63) is 59.7 Å². The van der Waals surface area contributed by atoms with Crippen LogP contribution in [0.15, 0.2) is 48.5 Å². The van der Waals surface area contributed by atoms with Gasteiger partial charge in [0.15, 0.2) is 0 Å². The fourth-order valence-corrected chi connectivity index (χ4v) is 2.16. The van der Waals surface area contributed by atoms with Gasteiger partial charge in [-0.25, -0.2) is 0 Å². The Bertz CT molecular complexity index is 458. The summed E-state index contributed by atoms with van der Waals surface area (Å²) in [5.41, 5.74) is 15.9. The highest BCUT2D eigenvalue weighted by atomic mass is 14.5. The molecule has 0 unspecified atom stereocenters. The molecule has 0 radical (unpaired) electrons. The molecular weight excluding hydrogens is 220 g/mol. The van der Waals surface area contributed by atoms with Crippen molar-refractivity contribution in [1.82, 2.24) is 0 Å². The summed E-state index contributed by atoms with van der Waals surface area (Å²) in [7, 11) is 0. The molecule has 0 amide bonds. The number of hydrogen-bond acceptors (Lipinski definition) is 2. The van der Waals surface area contributed by atoms with E-state index in [0.717, 1.165) is 24.2 Å². The van der Waals surface area contributed by atoms with Crippen LogP contribution in [-0.2, 0) is 12.8 Å². The van der Waals surface area contributed by atoms with Crippen LogP contribution in [-0.4, -0.2) is 0 Å². The summed E-state index contributed by atoms with van der Waals surface area (Å²) in [5.74, 6) is 0. The summed E-state index contributed by atoms with van der Waals surface area (Å²) in [4.78, 5) is 0. The van der Waals surface area contributed by atoms with Crippen molar-refractivity contribution in [3.63, 3.8) is 0 Å². The molecule has 0 saturated carbocycles. The van der Waals surface area contributed by atoms with Gasteiger partial charge < -0.3 is 11.5 Å². The molecule has 0 heterocycles. The number of nitrogen functional groups attached to an aromatic ring is 2. The molecule has 4 N–H and O–H groups in total. The molecule has 18 heavy (non-hydrogen) atoms.